The molecule has 1 aromatic heterocycles. The number of rotatable bonds is 5. The van der Waals surface area contributed by atoms with Crippen molar-refractivity contribution in [2.45, 2.75) is 12.8 Å². The van der Waals surface area contributed by atoms with E-state index >= 15 is 0 Å². The minimum Gasteiger partial charge on any atom is -0.366 e. The predicted octanol–water partition coefficient (Wildman–Crippen LogP) is 3.50. The topological polar surface area (TPSA) is 101 Å². The van der Waals surface area contributed by atoms with Gasteiger partial charge in [0.15, 0.2) is 0 Å². The molecule has 4 N–H and O–H groups in total. The normalized spacial score (nSPS) is 18.2. The Kier molecular flexibility index (Phi) is 4.91. The summed E-state index contributed by atoms with van der Waals surface area (Å²) in [5, 5.41) is 11.4. The Bertz CT molecular complexity index is 1050. The molecule has 0 saturated heterocycles. The van der Waals surface area contributed by atoms with E-state index in [-0.39, 0.29) is 17.6 Å². The molecule has 1 atom stereocenters. The molecule has 2 aliphatic heterocycles. The molecule has 1 aromatic carbocycles. The summed E-state index contributed by atoms with van der Waals surface area (Å²) in [5.41, 5.74) is 8.54. The van der Waals surface area contributed by atoms with E-state index in [0.29, 0.717) is 11.4 Å². The number of nitrogens with zero attached hydrogens (tertiary/aromatic N) is 1. The zero-order chi connectivity index (χ0) is 19.8. The second kappa shape index (κ2) is 7.37. The summed E-state index contributed by atoms with van der Waals surface area (Å²) >= 11 is 2.80. The number of allylic oxidation sites excluding steroid dienone is 2. The summed E-state index contributed by atoms with van der Waals surface area (Å²) in [6.07, 6.45) is 1.81. The molecule has 6 nitrogen and oxygen atoms in total. The van der Waals surface area contributed by atoms with E-state index in [0.717, 1.165) is 26.1 Å². The van der Waals surface area contributed by atoms with Crippen molar-refractivity contribution in [2.75, 3.05) is 11.1 Å². The number of anilines is 1. The molecule has 0 saturated carbocycles. The first kappa shape index (κ1) is 18.6. The van der Waals surface area contributed by atoms with Crippen molar-refractivity contribution in [3.05, 3.63) is 74.6 Å². The van der Waals surface area contributed by atoms with Crippen LogP contribution in [-0.4, -0.2) is 28.0 Å². The van der Waals surface area contributed by atoms with E-state index in [1.165, 1.54) is 23.5 Å². The average molecular weight is 411 g/mol. The molecule has 1 unspecified atom stereocenters. The van der Waals surface area contributed by atoms with Gasteiger partial charge in [0, 0.05) is 28.7 Å². The summed E-state index contributed by atoms with van der Waals surface area (Å²) in [6.45, 7) is 1.86. The first-order chi connectivity index (χ1) is 13.5. The van der Waals surface area contributed by atoms with Crippen LogP contribution in [0.2, 0.25) is 0 Å². The number of benzene rings is 1. The monoisotopic (exact) mass is 410 g/mol. The van der Waals surface area contributed by atoms with E-state index < -0.39 is 5.91 Å². The van der Waals surface area contributed by atoms with Gasteiger partial charge in [-0.25, -0.2) is 0 Å². The minimum absolute atomic E-state index is 0.118. The van der Waals surface area contributed by atoms with Gasteiger partial charge in [0.05, 0.1) is 15.9 Å². The van der Waals surface area contributed by atoms with Crippen LogP contribution in [0.1, 0.15) is 18.5 Å². The van der Waals surface area contributed by atoms with Crippen molar-refractivity contribution >= 4 is 46.9 Å². The quantitative estimate of drug-likeness (QED) is 0.702. The van der Waals surface area contributed by atoms with Crippen LogP contribution in [-0.2, 0) is 9.59 Å². The smallest absolute Gasteiger partial charge is 0.246 e. The van der Waals surface area contributed by atoms with Crippen LogP contribution in [0, 0.1) is 5.41 Å². The number of para-hydroxylation sites is 1. The number of thioether (sulfide) groups is 2. The molecule has 0 radical (unpaired) electrons. The van der Waals surface area contributed by atoms with Gasteiger partial charge in [0.1, 0.15) is 5.84 Å². The molecule has 0 spiro atoms. The second-order valence-electron chi connectivity index (χ2n) is 6.42. The summed E-state index contributed by atoms with van der Waals surface area (Å²) in [6, 6.07) is 13.1. The van der Waals surface area contributed by atoms with Gasteiger partial charge in [-0.1, -0.05) is 30.0 Å². The lowest BCUT2D eigenvalue weighted by atomic mass is 9.89. The number of hydrogen-bond donors (Lipinski definition) is 3. The van der Waals surface area contributed by atoms with E-state index in [9.17, 15) is 9.59 Å². The number of primary amides is 1. The first-order valence-electron chi connectivity index (χ1n) is 8.64. The van der Waals surface area contributed by atoms with Gasteiger partial charge in [-0.2, -0.15) is 0 Å². The van der Waals surface area contributed by atoms with Crippen molar-refractivity contribution in [1.82, 2.24) is 4.57 Å². The fourth-order valence-electron chi connectivity index (χ4n) is 3.48. The predicted molar refractivity (Wildman–Crippen MR) is 114 cm³/mol. The molecule has 8 heteroatoms. The minimum atomic E-state index is -0.471. The number of fused-ring (bicyclic) bond motifs is 3. The van der Waals surface area contributed by atoms with Crippen LogP contribution < -0.4 is 11.1 Å². The van der Waals surface area contributed by atoms with Crippen molar-refractivity contribution in [3.63, 3.8) is 0 Å². The van der Waals surface area contributed by atoms with Crippen LogP contribution in [0.4, 0.5) is 5.69 Å². The van der Waals surface area contributed by atoms with E-state index in [1.807, 2.05) is 55.6 Å². The van der Waals surface area contributed by atoms with Crippen LogP contribution >= 0.6 is 23.5 Å². The molecule has 4 rings (SSSR count). The molecule has 142 valence electrons. The maximum absolute atomic E-state index is 12.3. The number of amides is 2. The molecular formula is C20H18N4O2S2. The van der Waals surface area contributed by atoms with Gasteiger partial charge in [-0.3, -0.25) is 15.0 Å². The van der Waals surface area contributed by atoms with Gasteiger partial charge >= 0.3 is 0 Å². The highest BCUT2D eigenvalue weighted by atomic mass is 32.2. The highest BCUT2D eigenvalue weighted by Gasteiger charge is 2.42. The number of aromatic nitrogens is 1. The Labute approximate surface area is 170 Å². The summed E-state index contributed by atoms with van der Waals surface area (Å²) in [7, 11) is 0. The molecule has 28 heavy (non-hydrogen) atoms. The van der Waals surface area contributed by atoms with Crippen molar-refractivity contribution in [2.24, 2.45) is 5.73 Å². The number of carbonyl (C=O) groups is 2. The molecule has 0 bridgehead atoms. The van der Waals surface area contributed by atoms with Crippen LogP contribution in [0.25, 0.3) is 0 Å². The van der Waals surface area contributed by atoms with Gasteiger partial charge in [0.2, 0.25) is 11.8 Å². The lowest BCUT2D eigenvalue weighted by Gasteiger charge is -2.25. The Morgan fingerprint density at radius 1 is 1.25 bits per heavy atom. The summed E-state index contributed by atoms with van der Waals surface area (Å²) in [5.74, 6) is -0.390. The van der Waals surface area contributed by atoms with E-state index in [4.69, 9.17) is 11.1 Å². The molecular weight excluding hydrogens is 392 g/mol. The lowest BCUT2D eigenvalue weighted by Crippen LogP contribution is -2.23. The zero-order valence-corrected chi connectivity index (χ0v) is 16.7. The molecule has 2 aliphatic rings. The maximum atomic E-state index is 12.3. The number of carbonyl (C=O) groups excluding carboxylic acids is 2. The van der Waals surface area contributed by atoms with E-state index in [1.54, 1.807) is 4.57 Å². The SMILES string of the molecule is CC1=C(C(N)=O)C2C(=C(SCC(=O)Nc3ccccc3)S1)C(=N)n1cccc12. The van der Waals surface area contributed by atoms with Crippen LogP contribution in [0.5, 0.6) is 0 Å². The maximum Gasteiger partial charge on any atom is 0.246 e. The standard InChI is InChI=1S/C20H18N4O2S2/c1-11-15(19(22)26)16-13-8-5-9-24(13)18(21)17(16)20(28-11)27-10-14(25)23-12-6-3-2-4-7-12/h2-9,16,21H,10H2,1H3,(H2,22,26)(H,23,25). The van der Waals surface area contributed by atoms with Crippen molar-refractivity contribution < 1.29 is 9.59 Å². The third-order valence-corrected chi connectivity index (χ3v) is 7.08. The summed E-state index contributed by atoms with van der Waals surface area (Å²) < 4.78 is 2.64. The molecule has 0 aliphatic carbocycles. The fraction of sp³-hybridized carbons (Fsp3) is 0.150. The average Bonchev–Trinajstić information content (AvgIpc) is 3.24. The Morgan fingerprint density at radius 2 is 2.00 bits per heavy atom. The third-order valence-electron chi connectivity index (χ3n) is 4.65. The number of nitrogens with two attached hydrogens (primary N) is 1. The van der Waals surface area contributed by atoms with Gasteiger partial charge in [-0.05, 0) is 36.1 Å². The second-order valence-corrected chi connectivity index (χ2v) is 8.89. The third kappa shape index (κ3) is 3.18. The lowest BCUT2D eigenvalue weighted by molar-refractivity contribution is -0.115. The van der Waals surface area contributed by atoms with E-state index in [2.05, 4.69) is 5.32 Å². The first-order valence-corrected chi connectivity index (χ1v) is 10.4. The highest BCUT2D eigenvalue weighted by Crippen LogP contribution is 2.53. The van der Waals surface area contributed by atoms with Crippen LogP contribution in [0.3, 0.4) is 0 Å². The zero-order valence-electron chi connectivity index (χ0n) is 15.1. The molecule has 2 aromatic rings. The van der Waals surface area contributed by atoms with Crippen molar-refractivity contribution in [3.8, 4) is 0 Å². The molecule has 2 amide bonds. The molecule has 0 fully saturated rings. The Balaban J connectivity index is 1.60. The van der Waals surface area contributed by atoms with Crippen molar-refractivity contribution in [1.29, 1.82) is 5.41 Å². The summed E-state index contributed by atoms with van der Waals surface area (Å²) in [4.78, 5) is 25.3. The Hall–Kier alpha value is -2.71. The highest BCUT2D eigenvalue weighted by molar-refractivity contribution is 8.24. The largest absolute Gasteiger partial charge is 0.366 e. The van der Waals surface area contributed by atoms with Crippen LogP contribution in [0.15, 0.2) is 68.9 Å². The fourth-order valence-corrected chi connectivity index (χ4v) is 5.90. The number of nitrogens with one attached hydrogen (secondary N) is 2. The number of hydrogen-bond acceptors (Lipinski definition) is 5. The van der Waals surface area contributed by atoms with Gasteiger partial charge in [-0.15, -0.1) is 11.8 Å². The van der Waals surface area contributed by atoms with Gasteiger partial charge < -0.3 is 15.6 Å². The van der Waals surface area contributed by atoms with Gasteiger partial charge in [0.25, 0.3) is 0 Å². The molecule has 3 heterocycles. The Morgan fingerprint density at radius 3 is 2.71 bits per heavy atom.